The molecular weight excluding hydrogens is 484 g/mol. The molecule has 2 aromatic heterocycles. The normalized spacial score (nSPS) is 19.4. The summed E-state index contributed by atoms with van der Waals surface area (Å²) < 4.78 is 66.2. The number of benzene rings is 1. The standard InChI is InChI=1S/C24H24F4N4O4/c1-12(18-9-19-21(29-13(2)30-22(19)33)31-20(18)24(26,27)28)36-16-6-4-14(5-7-16)23(34)32-10-15(25)8-17(11-32)35-3/h4-7,9,12,15,17H,8,10-11H2,1-3H3,(H,29,30,31,33). The summed E-state index contributed by atoms with van der Waals surface area (Å²) in [5.74, 6) is -0.0526. The van der Waals surface area contributed by atoms with Gasteiger partial charge in [0.15, 0.2) is 11.3 Å². The van der Waals surface area contributed by atoms with Crippen LogP contribution in [0.15, 0.2) is 35.1 Å². The van der Waals surface area contributed by atoms with Crippen LogP contribution in [0.3, 0.4) is 0 Å². The van der Waals surface area contributed by atoms with Gasteiger partial charge < -0.3 is 19.4 Å². The van der Waals surface area contributed by atoms with Crippen LogP contribution in [0, 0.1) is 6.92 Å². The largest absolute Gasteiger partial charge is 0.486 e. The van der Waals surface area contributed by atoms with Gasteiger partial charge in [0.05, 0.1) is 18.0 Å². The van der Waals surface area contributed by atoms with Crippen molar-refractivity contribution < 1.29 is 31.8 Å². The van der Waals surface area contributed by atoms with E-state index in [0.29, 0.717) is 0 Å². The second kappa shape index (κ2) is 9.84. The number of aromatic nitrogens is 3. The maximum atomic E-state index is 14.0. The molecule has 0 spiro atoms. The summed E-state index contributed by atoms with van der Waals surface area (Å²) in [6, 6.07) is 6.86. The Kier molecular flexibility index (Phi) is 6.98. The van der Waals surface area contributed by atoms with Crippen LogP contribution in [0.25, 0.3) is 11.0 Å². The lowest BCUT2D eigenvalue weighted by molar-refractivity contribution is -0.142. The Hall–Kier alpha value is -3.54. The van der Waals surface area contributed by atoms with Crippen LogP contribution in [0.4, 0.5) is 17.6 Å². The van der Waals surface area contributed by atoms with E-state index in [9.17, 15) is 27.2 Å². The van der Waals surface area contributed by atoms with Crippen molar-refractivity contribution in [3.63, 3.8) is 0 Å². The molecule has 8 nitrogen and oxygen atoms in total. The lowest BCUT2D eigenvalue weighted by Crippen LogP contribution is -2.47. The summed E-state index contributed by atoms with van der Waals surface area (Å²) in [7, 11) is 1.46. The van der Waals surface area contributed by atoms with E-state index < -0.39 is 35.8 Å². The number of amides is 1. The van der Waals surface area contributed by atoms with Gasteiger partial charge in [-0.3, -0.25) is 9.59 Å². The van der Waals surface area contributed by atoms with Crippen LogP contribution in [0.1, 0.15) is 46.9 Å². The first-order valence-electron chi connectivity index (χ1n) is 11.2. The topological polar surface area (TPSA) is 97.4 Å². The Bertz CT molecular complexity index is 1330. The molecule has 3 heterocycles. The molecule has 12 heteroatoms. The lowest BCUT2D eigenvalue weighted by Gasteiger charge is -2.34. The number of fused-ring (bicyclic) bond motifs is 1. The van der Waals surface area contributed by atoms with Crippen molar-refractivity contribution >= 4 is 16.9 Å². The van der Waals surface area contributed by atoms with Crippen LogP contribution < -0.4 is 10.3 Å². The van der Waals surface area contributed by atoms with Gasteiger partial charge in [-0.25, -0.2) is 14.4 Å². The van der Waals surface area contributed by atoms with Crippen LogP contribution >= 0.6 is 0 Å². The maximum absolute atomic E-state index is 14.0. The van der Waals surface area contributed by atoms with Gasteiger partial charge in [-0.15, -0.1) is 0 Å². The molecule has 1 N–H and O–H groups in total. The molecule has 0 saturated carbocycles. The number of carbonyl (C=O) groups is 1. The second-order valence-electron chi connectivity index (χ2n) is 8.63. The molecule has 192 valence electrons. The number of alkyl halides is 4. The van der Waals surface area contributed by atoms with Crippen molar-refractivity contribution in [3.8, 4) is 5.75 Å². The van der Waals surface area contributed by atoms with Gasteiger partial charge in [-0.2, -0.15) is 13.2 Å². The van der Waals surface area contributed by atoms with Gasteiger partial charge in [0.2, 0.25) is 0 Å². The molecule has 3 atom stereocenters. The third-order valence-electron chi connectivity index (χ3n) is 5.95. The molecule has 0 bridgehead atoms. The summed E-state index contributed by atoms with van der Waals surface area (Å²) in [6.07, 6.45) is -7.32. The third kappa shape index (κ3) is 5.32. The average Bonchev–Trinajstić information content (AvgIpc) is 2.82. The SMILES string of the molecule is COC1CC(F)CN(C(=O)c2ccc(OC(C)c3cc4c(=O)[nH]c(C)nc4nc3C(F)(F)F)cc2)C1. The molecule has 4 rings (SSSR count). The number of ether oxygens (including phenoxy) is 2. The molecule has 3 unspecified atom stereocenters. The molecule has 1 aliphatic heterocycles. The number of H-pyrrole nitrogens is 1. The number of nitrogens with one attached hydrogen (secondary N) is 1. The van der Waals surface area contributed by atoms with Gasteiger partial charge in [0.25, 0.3) is 11.5 Å². The number of aromatic amines is 1. The van der Waals surface area contributed by atoms with Gasteiger partial charge in [0.1, 0.15) is 23.8 Å². The predicted octanol–water partition coefficient (Wildman–Crippen LogP) is 3.98. The number of halogens is 4. The number of methoxy groups -OCH3 is 1. The lowest BCUT2D eigenvalue weighted by atomic mass is 10.0. The van der Waals surface area contributed by atoms with Crippen molar-refractivity contribution in [2.24, 2.45) is 0 Å². The highest BCUT2D eigenvalue weighted by Gasteiger charge is 2.38. The first-order chi connectivity index (χ1) is 17.0. The van der Waals surface area contributed by atoms with Gasteiger partial charge >= 0.3 is 6.18 Å². The zero-order chi connectivity index (χ0) is 26.2. The maximum Gasteiger partial charge on any atom is 0.433 e. The molecule has 1 aliphatic rings. The number of nitrogens with zero attached hydrogens (tertiary/aromatic N) is 3. The van der Waals surface area contributed by atoms with Gasteiger partial charge in [-0.05, 0) is 44.2 Å². The number of hydrogen-bond acceptors (Lipinski definition) is 6. The van der Waals surface area contributed by atoms with Crippen LogP contribution in [-0.2, 0) is 10.9 Å². The van der Waals surface area contributed by atoms with E-state index >= 15 is 0 Å². The zero-order valence-electron chi connectivity index (χ0n) is 19.7. The first-order valence-corrected chi connectivity index (χ1v) is 11.2. The minimum absolute atomic E-state index is 0.0450. The van der Waals surface area contributed by atoms with E-state index in [-0.39, 0.29) is 59.2 Å². The van der Waals surface area contributed by atoms with Crippen molar-refractivity contribution in [1.29, 1.82) is 0 Å². The Morgan fingerprint density at radius 1 is 1.19 bits per heavy atom. The molecule has 0 aliphatic carbocycles. The fraction of sp³-hybridized carbons (Fsp3) is 0.417. The fourth-order valence-electron chi connectivity index (χ4n) is 4.18. The van der Waals surface area contributed by atoms with E-state index in [4.69, 9.17) is 9.47 Å². The highest BCUT2D eigenvalue weighted by Crippen LogP contribution is 2.36. The molecule has 1 fully saturated rings. The summed E-state index contributed by atoms with van der Waals surface area (Å²) in [6.45, 7) is 3.05. The number of hydrogen-bond donors (Lipinski definition) is 1. The van der Waals surface area contributed by atoms with Crippen molar-refractivity contribution in [2.75, 3.05) is 20.2 Å². The second-order valence-corrected chi connectivity index (χ2v) is 8.63. The summed E-state index contributed by atoms with van der Waals surface area (Å²) >= 11 is 0. The van der Waals surface area contributed by atoms with E-state index in [1.54, 1.807) is 0 Å². The Morgan fingerprint density at radius 2 is 1.89 bits per heavy atom. The van der Waals surface area contributed by atoms with Crippen LogP contribution in [0.5, 0.6) is 5.75 Å². The van der Waals surface area contributed by atoms with E-state index in [1.807, 2.05) is 0 Å². The number of pyridine rings is 1. The predicted molar refractivity (Wildman–Crippen MR) is 122 cm³/mol. The number of aryl methyl sites for hydroxylation is 1. The summed E-state index contributed by atoms with van der Waals surface area (Å²) in [5.41, 5.74) is -2.19. The Labute approximate surface area is 203 Å². The van der Waals surface area contributed by atoms with Crippen molar-refractivity contribution in [1.82, 2.24) is 19.9 Å². The fourth-order valence-corrected chi connectivity index (χ4v) is 4.18. The number of likely N-dealkylation sites (tertiary alicyclic amines) is 1. The van der Waals surface area contributed by atoms with Crippen LogP contribution in [-0.4, -0.2) is 58.2 Å². The van der Waals surface area contributed by atoms with Gasteiger partial charge in [-0.1, -0.05) is 0 Å². The summed E-state index contributed by atoms with van der Waals surface area (Å²) in [5, 5.41) is -0.0953. The monoisotopic (exact) mass is 508 g/mol. The number of rotatable bonds is 5. The smallest absolute Gasteiger partial charge is 0.433 e. The molecule has 0 radical (unpaired) electrons. The van der Waals surface area contributed by atoms with Crippen molar-refractivity contribution in [2.45, 2.75) is 44.8 Å². The molecule has 1 amide bonds. The summed E-state index contributed by atoms with van der Waals surface area (Å²) in [4.78, 5) is 36.4. The molecule has 36 heavy (non-hydrogen) atoms. The third-order valence-corrected chi connectivity index (χ3v) is 5.95. The minimum atomic E-state index is -4.81. The molecular formula is C24H24F4N4O4. The van der Waals surface area contributed by atoms with Gasteiger partial charge in [0, 0.05) is 31.2 Å². The van der Waals surface area contributed by atoms with E-state index in [0.717, 1.165) is 6.07 Å². The number of piperidine rings is 1. The van der Waals surface area contributed by atoms with E-state index in [1.165, 1.54) is 50.1 Å². The highest BCUT2D eigenvalue weighted by molar-refractivity contribution is 5.94. The quantitative estimate of drug-likeness (QED) is 0.524. The Balaban J connectivity index is 1.57. The first kappa shape index (κ1) is 25.5. The molecule has 1 saturated heterocycles. The molecule has 3 aromatic rings. The van der Waals surface area contributed by atoms with E-state index in [2.05, 4.69) is 15.0 Å². The number of carbonyl (C=O) groups excluding carboxylic acids is 1. The average molecular weight is 508 g/mol. The van der Waals surface area contributed by atoms with Crippen molar-refractivity contribution in [3.05, 3.63) is 63.3 Å². The minimum Gasteiger partial charge on any atom is -0.486 e. The highest BCUT2D eigenvalue weighted by atomic mass is 19.4. The Morgan fingerprint density at radius 3 is 2.53 bits per heavy atom. The van der Waals surface area contributed by atoms with Crippen LogP contribution in [0.2, 0.25) is 0 Å². The zero-order valence-corrected chi connectivity index (χ0v) is 19.7. The molecule has 1 aromatic carbocycles.